The average molecular weight is 544 g/mol. The Bertz CT molecular complexity index is 652. The fourth-order valence-corrected chi connectivity index (χ4v) is 4.73. The standard InChI is InChI=1S/C24H41N5O.HI/c1-4-25-23(26-18-21-8-10-22(11-9-21)19-28(2)3)27-20-24(12-6-5-7-13-24)29-14-16-30-17-15-29;/h8-11H,4-7,12-20H2,1-3H3,(H2,25,26,27);1H. The van der Waals surface area contributed by atoms with Crippen LogP contribution in [-0.4, -0.2) is 74.8 Å². The molecule has 2 fully saturated rings. The maximum atomic E-state index is 5.62. The van der Waals surface area contributed by atoms with E-state index in [0.29, 0.717) is 6.54 Å². The largest absolute Gasteiger partial charge is 0.379 e. The van der Waals surface area contributed by atoms with Gasteiger partial charge in [0.25, 0.3) is 0 Å². The predicted octanol–water partition coefficient (Wildman–Crippen LogP) is 3.46. The third-order valence-electron chi connectivity index (χ3n) is 6.34. The molecule has 1 aliphatic heterocycles. The van der Waals surface area contributed by atoms with Crippen LogP contribution in [0.4, 0.5) is 0 Å². The minimum atomic E-state index is 0. The van der Waals surface area contributed by atoms with Crippen molar-refractivity contribution in [2.75, 3.05) is 53.5 Å². The maximum absolute atomic E-state index is 5.62. The summed E-state index contributed by atoms with van der Waals surface area (Å²) in [4.78, 5) is 9.74. The number of ether oxygens (including phenoxy) is 1. The Morgan fingerprint density at radius 1 is 1.03 bits per heavy atom. The molecule has 0 aromatic heterocycles. The number of halogens is 1. The first-order chi connectivity index (χ1) is 14.6. The van der Waals surface area contributed by atoms with Crippen molar-refractivity contribution in [3.8, 4) is 0 Å². The lowest BCUT2D eigenvalue weighted by Crippen LogP contribution is -2.60. The summed E-state index contributed by atoms with van der Waals surface area (Å²) in [7, 11) is 4.20. The zero-order chi connectivity index (χ0) is 21.2. The van der Waals surface area contributed by atoms with E-state index in [2.05, 4.69) is 65.7 Å². The van der Waals surface area contributed by atoms with Gasteiger partial charge < -0.3 is 20.3 Å². The van der Waals surface area contributed by atoms with Crippen LogP contribution in [-0.2, 0) is 17.8 Å². The summed E-state index contributed by atoms with van der Waals surface area (Å²) in [5.41, 5.74) is 2.82. The number of hydrogen-bond acceptors (Lipinski definition) is 4. The lowest BCUT2D eigenvalue weighted by Gasteiger charge is -2.48. The summed E-state index contributed by atoms with van der Waals surface area (Å²) in [5.74, 6) is 0.924. The van der Waals surface area contributed by atoms with Gasteiger partial charge in [-0.3, -0.25) is 4.90 Å². The number of guanidine groups is 1. The number of hydrogen-bond donors (Lipinski definition) is 2. The zero-order valence-electron chi connectivity index (χ0n) is 19.7. The quantitative estimate of drug-likeness (QED) is 0.299. The number of aliphatic imine (C=N–C) groups is 1. The van der Waals surface area contributed by atoms with Gasteiger partial charge in [0, 0.05) is 38.3 Å². The molecule has 0 bridgehead atoms. The van der Waals surface area contributed by atoms with Crippen LogP contribution in [0, 0.1) is 0 Å². The van der Waals surface area contributed by atoms with Crippen molar-refractivity contribution in [2.24, 2.45) is 4.99 Å². The number of morpholine rings is 1. The van der Waals surface area contributed by atoms with Crippen LogP contribution in [0.25, 0.3) is 0 Å². The molecule has 1 aromatic rings. The minimum Gasteiger partial charge on any atom is -0.379 e. The second-order valence-electron chi connectivity index (χ2n) is 8.99. The Labute approximate surface area is 206 Å². The molecule has 0 radical (unpaired) electrons. The highest BCUT2D eigenvalue weighted by Crippen LogP contribution is 2.33. The lowest BCUT2D eigenvalue weighted by molar-refractivity contribution is -0.0352. The molecule has 0 amide bonds. The highest BCUT2D eigenvalue weighted by molar-refractivity contribution is 14.0. The molecule has 6 nitrogen and oxygen atoms in total. The molecule has 0 unspecified atom stereocenters. The van der Waals surface area contributed by atoms with E-state index in [0.717, 1.165) is 51.9 Å². The van der Waals surface area contributed by atoms with Gasteiger partial charge in [-0.1, -0.05) is 43.5 Å². The number of nitrogens with zero attached hydrogens (tertiary/aromatic N) is 3. The van der Waals surface area contributed by atoms with Crippen LogP contribution in [0.3, 0.4) is 0 Å². The number of benzene rings is 1. The molecule has 1 saturated carbocycles. The summed E-state index contributed by atoms with van der Waals surface area (Å²) in [6.07, 6.45) is 6.56. The van der Waals surface area contributed by atoms with E-state index in [1.54, 1.807) is 0 Å². The van der Waals surface area contributed by atoms with Crippen LogP contribution >= 0.6 is 24.0 Å². The van der Waals surface area contributed by atoms with Crippen molar-refractivity contribution in [3.63, 3.8) is 0 Å². The third-order valence-corrected chi connectivity index (χ3v) is 6.34. The topological polar surface area (TPSA) is 52.1 Å². The monoisotopic (exact) mass is 543 g/mol. The van der Waals surface area contributed by atoms with Crippen LogP contribution in [0.2, 0.25) is 0 Å². The molecule has 0 atom stereocenters. The van der Waals surface area contributed by atoms with Crippen molar-refractivity contribution in [1.82, 2.24) is 20.4 Å². The maximum Gasteiger partial charge on any atom is 0.191 e. The second-order valence-corrected chi connectivity index (χ2v) is 8.99. The van der Waals surface area contributed by atoms with E-state index in [1.165, 1.54) is 43.2 Å². The molecular formula is C24H42IN5O. The van der Waals surface area contributed by atoms with E-state index in [9.17, 15) is 0 Å². The molecule has 0 spiro atoms. The normalized spacial score (nSPS) is 19.7. The first-order valence-electron chi connectivity index (χ1n) is 11.7. The molecule has 1 saturated heterocycles. The molecular weight excluding hydrogens is 501 g/mol. The highest BCUT2D eigenvalue weighted by Gasteiger charge is 2.38. The Hall–Kier alpha value is -0.900. The number of rotatable bonds is 8. The number of nitrogens with one attached hydrogen (secondary N) is 2. The predicted molar refractivity (Wildman–Crippen MR) is 140 cm³/mol. The van der Waals surface area contributed by atoms with E-state index < -0.39 is 0 Å². The van der Waals surface area contributed by atoms with Gasteiger partial charge in [0.1, 0.15) is 0 Å². The Balaban J connectivity index is 0.00000341. The van der Waals surface area contributed by atoms with Crippen molar-refractivity contribution in [3.05, 3.63) is 35.4 Å². The molecule has 2 N–H and O–H groups in total. The summed E-state index contributed by atoms with van der Waals surface area (Å²) in [5, 5.41) is 7.13. The smallest absolute Gasteiger partial charge is 0.191 e. The van der Waals surface area contributed by atoms with E-state index in [-0.39, 0.29) is 29.5 Å². The Morgan fingerprint density at radius 2 is 1.68 bits per heavy atom. The first kappa shape index (κ1) is 26.4. The van der Waals surface area contributed by atoms with Gasteiger partial charge in [-0.2, -0.15) is 0 Å². The Morgan fingerprint density at radius 3 is 2.29 bits per heavy atom. The summed E-state index contributed by atoms with van der Waals surface area (Å²) < 4.78 is 5.62. The third kappa shape index (κ3) is 8.18. The van der Waals surface area contributed by atoms with Gasteiger partial charge in [0.15, 0.2) is 5.96 Å². The summed E-state index contributed by atoms with van der Waals surface area (Å²) in [6.45, 7) is 9.45. The van der Waals surface area contributed by atoms with Crippen LogP contribution < -0.4 is 10.6 Å². The molecule has 7 heteroatoms. The highest BCUT2D eigenvalue weighted by atomic mass is 127. The summed E-state index contributed by atoms with van der Waals surface area (Å²) in [6, 6.07) is 8.81. The first-order valence-corrected chi connectivity index (χ1v) is 11.7. The second kappa shape index (κ2) is 13.6. The van der Waals surface area contributed by atoms with Crippen LogP contribution in [0.15, 0.2) is 29.3 Å². The van der Waals surface area contributed by atoms with Crippen molar-refractivity contribution < 1.29 is 4.74 Å². The van der Waals surface area contributed by atoms with Crippen molar-refractivity contribution in [2.45, 2.75) is 57.7 Å². The van der Waals surface area contributed by atoms with Crippen molar-refractivity contribution in [1.29, 1.82) is 0 Å². The molecule has 1 aromatic carbocycles. The van der Waals surface area contributed by atoms with E-state index >= 15 is 0 Å². The molecule has 2 aliphatic rings. The molecule has 3 rings (SSSR count). The van der Waals surface area contributed by atoms with Gasteiger partial charge in [0.2, 0.25) is 0 Å². The van der Waals surface area contributed by atoms with Crippen LogP contribution in [0.1, 0.15) is 50.2 Å². The fraction of sp³-hybridized carbons (Fsp3) is 0.708. The van der Waals surface area contributed by atoms with Gasteiger partial charge in [-0.15, -0.1) is 24.0 Å². The fourth-order valence-electron chi connectivity index (χ4n) is 4.73. The van der Waals surface area contributed by atoms with Gasteiger partial charge in [0.05, 0.1) is 19.8 Å². The van der Waals surface area contributed by atoms with Gasteiger partial charge in [-0.25, -0.2) is 4.99 Å². The molecule has 176 valence electrons. The molecule has 1 heterocycles. The minimum absolute atomic E-state index is 0. The Kier molecular flexibility index (Phi) is 11.6. The van der Waals surface area contributed by atoms with E-state index in [4.69, 9.17) is 9.73 Å². The van der Waals surface area contributed by atoms with E-state index in [1.807, 2.05) is 0 Å². The van der Waals surface area contributed by atoms with Gasteiger partial charge >= 0.3 is 0 Å². The SMILES string of the molecule is CCNC(=NCc1ccc(CN(C)C)cc1)NCC1(N2CCOCC2)CCCCC1.I. The average Bonchev–Trinajstić information content (AvgIpc) is 2.77. The molecule has 1 aliphatic carbocycles. The lowest BCUT2D eigenvalue weighted by atomic mass is 9.80. The van der Waals surface area contributed by atoms with Crippen LogP contribution in [0.5, 0.6) is 0 Å². The van der Waals surface area contributed by atoms with Crippen molar-refractivity contribution >= 4 is 29.9 Å². The zero-order valence-corrected chi connectivity index (χ0v) is 22.0. The summed E-state index contributed by atoms with van der Waals surface area (Å²) >= 11 is 0. The molecule has 31 heavy (non-hydrogen) atoms. The van der Waals surface area contributed by atoms with Gasteiger partial charge in [-0.05, 0) is 45.0 Å².